The standard InChI is InChI=1S/C19H20ClF2N3O/c20-17-2-1-3-18(22)16(17)12-25-10-8-15(9-11-25)24-19(26)23-14-6-4-13(21)5-7-14/h1-7,15H,8-12H2,(H2,23,24,26)/p+1. The first-order valence-corrected chi connectivity index (χ1v) is 8.98. The van der Waals surface area contributed by atoms with Crippen LogP contribution in [-0.2, 0) is 6.54 Å². The summed E-state index contributed by atoms with van der Waals surface area (Å²) in [6.45, 7) is 2.19. The minimum absolute atomic E-state index is 0.0651. The number of likely N-dealkylation sites (tertiary alicyclic amines) is 1. The molecule has 1 heterocycles. The number of nitrogens with one attached hydrogen (secondary N) is 3. The molecule has 138 valence electrons. The lowest BCUT2D eigenvalue weighted by Crippen LogP contribution is -3.12. The summed E-state index contributed by atoms with van der Waals surface area (Å²) in [6, 6.07) is 10.1. The van der Waals surface area contributed by atoms with Crippen LogP contribution in [-0.4, -0.2) is 25.2 Å². The second kappa shape index (κ2) is 8.47. The molecule has 1 aliphatic heterocycles. The van der Waals surface area contributed by atoms with Crippen LogP contribution < -0.4 is 15.5 Å². The van der Waals surface area contributed by atoms with Crippen molar-refractivity contribution >= 4 is 23.3 Å². The topological polar surface area (TPSA) is 45.6 Å². The van der Waals surface area contributed by atoms with Crippen molar-refractivity contribution in [2.45, 2.75) is 25.4 Å². The molecule has 3 rings (SSSR count). The third-order valence-corrected chi connectivity index (χ3v) is 4.97. The van der Waals surface area contributed by atoms with Crippen LogP contribution in [0, 0.1) is 11.6 Å². The van der Waals surface area contributed by atoms with Crippen molar-refractivity contribution in [3.05, 3.63) is 64.7 Å². The summed E-state index contributed by atoms with van der Waals surface area (Å²) in [6.07, 6.45) is 1.61. The highest BCUT2D eigenvalue weighted by Crippen LogP contribution is 2.18. The number of rotatable bonds is 4. The molecular weight excluding hydrogens is 360 g/mol. The van der Waals surface area contributed by atoms with Crippen LogP contribution >= 0.6 is 11.6 Å². The summed E-state index contributed by atoms with van der Waals surface area (Å²) >= 11 is 6.09. The SMILES string of the molecule is O=C(Nc1ccc(F)cc1)NC1CC[NH+](Cc2c(F)cccc2Cl)CC1. The lowest BCUT2D eigenvalue weighted by atomic mass is 10.0. The summed E-state index contributed by atoms with van der Waals surface area (Å²) in [5.41, 5.74) is 1.09. The molecule has 7 heteroatoms. The Morgan fingerprint density at radius 2 is 1.81 bits per heavy atom. The number of carbonyl (C=O) groups excluding carboxylic acids is 1. The third-order valence-electron chi connectivity index (χ3n) is 4.62. The molecule has 2 aromatic rings. The molecule has 3 N–H and O–H groups in total. The van der Waals surface area contributed by atoms with Crippen molar-refractivity contribution in [1.29, 1.82) is 0 Å². The Kier molecular flexibility index (Phi) is 6.06. The largest absolute Gasteiger partial charge is 0.335 e. The molecular formula is C19H21ClF2N3O+. The number of hydrogen-bond donors (Lipinski definition) is 3. The van der Waals surface area contributed by atoms with Gasteiger partial charge in [-0.25, -0.2) is 13.6 Å². The number of quaternary nitrogens is 1. The lowest BCUT2D eigenvalue weighted by Gasteiger charge is -2.30. The molecule has 2 aromatic carbocycles. The minimum Gasteiger partial charge on any atom is -0.335 e. The Balaban J connectivity index is 1.46. The van der Waals surface area contributed by atoms with Gasteiger partial charge in [0.15, 0.2) is 0 Å². The van der Waals surface area contributed by atoms with Gasteiger partial charge in [-0.3, -0.25) is 0 Å². The van der Waals surface area contributed by atoms with E-state index in [4.69, 9.17) is 11.6 Å². The van der Waals surface area contributed by atoms with Crippen molar-refractivity contribution in [2.75, 3.05) is 18.4 Å². The Bertz CT molecular complexity index is 742. The molecule has 0 atom stereocenters. The van der Waals surface area contributed by atoms with Gasteiger partial charge in [-0.15, -0.1) is 0 Å². The Morgan fingerprint density at radius 3 is 2.46 bits per heavy atom. The zero-order chi connectivity index (χ0) is 18.5. The zero-order valence-corrected chi connectivity index (χ0v) is 15.0. The molecule has 0 aliphatic carbocycles. The van der Waals surface area contributed by atoms with Gasteiger partial charge >= 0.3 is 6.03 Å². The summed E-state index contributed by atoms with van der Waals surface area (Å²) < 4.78 is 26.8. The fourth-order valence-electron chi connectivity index (χ4n) is 3.18. The van der Waals surface area contributed by atoms with E-state index in [0.29, 0.717) is 22.8 Å². The van der Waals surface area contributed by atoms with E-state index < -0.39 is 0 Å². The van der Waals surface area contributed by atoms with Crippen LogP contribution in [0.3, 0.4) is 0 Å². The van der Waals surface area contributed by atoms with E-state index in [-0.39, 0.29) is 23.7 Å². The highest BCUT2D eigenvalue weighted by Gasteiger charge is 2.25. The van der Waals surface area contributed by atoms with E-state index in [1.807, 2.05) is 0 Å². The van der Waals surface area contributed by atoms with Gasteiger partial charge in [-0.2, -0.15) is 0 Å². The molecule has 0 unspecified atom stereocenters. The monoisotopic (exact) mass is 380 g/mol. The zero-order valence-electron chi connectivity index (χ0n) is 14.2. The third kappa shape index (κ3) is 4.93. The van der Waals surface area contributed by atoms with Gasteiger partial charge in [0.25, 0.3) is 0 Å². The Morgan fingerprint density at radius 1 is 1.12 bits per heavy atom. The lowest BCUT2D eigenvalue weighted by molar-refractivity contribution is -0.919. The fourth-order valence-corrected chi connectivity index (χ4v) is 3.41. The first kappa shape index (κ1) is 18.6. The number of halogens is 3. The maximum absolute atomic E-state index is 13.9. The first-order valence-electron chi connectivity index (χ1n) is 8.61. The van der Waals surface area contributed by atoms with E-state index in [9.17, 15) is 13.6 Å². The highest BCUT2D eigenvalue weighted by atomic mass is 35.5. The molecule has 0 saturated carbocycles. The van der Waals surface area contributed by atoms with E-state index in [1.54, 1.807) is 12.1 Å². The second-order valence-corrected chi connectivity index (χ2v) is 6.91. The van der Waals surface area contributed by atoms with E-state index in [2.05, 4.69) is 10.6 Å². The second-order valence-electron chi connectivity index (χ2n) is 6.51. The van der Waals surface area contributed by atoms with E-state index in [0.717, 1.165) is 25.9 Å². The number of anilines is 1. The van der Waals surface area contributed by atoms with Crippen LogP contribution in [0.15, 0.2) is 42.5 Å². The summed E-state index contributed by atoms with van der Waals surface area (Å²) in [5, 5.41) is 6.08. The van der Waals surface area contributed by atoms with Crippen molar-refractivity contribution in [3.8, 4) is 0 Å². The number of hydrogen-bond acceptors (Lipinski definition) is 1. The molecule has 1 saturated heterocycles. The van der Waals surface area contributed by atoms with Crippen LogP contribution in [0.25, 0.3) is 0 Å². The van der Waals surface area contributed by atoms with Crippen molar-refractivity contribution in [3.63, 3.8) is 0 Å². The van der Waals surface area contributed by atoms with E-state index >= 15 is 0 Å². The average molecular weight is 381 g/mol. The Hall–Kier alpha value is -2.18. The van der Waals surface area contributed by atoms with Gasteiger partial charge < -0.3 is 15.5 Å². The smallest absolute Gasteiger partial charge is 0.319 e. The molecule has 2 amide bonds. The molecule has 1 aliphatic rings. The molecule has 0 radical (unpaired) electrons. The van der Waals surface area contributed by atoms with Crippen LogP contribution in [0.4, 0.5) is 19.3 Å². The predicted octanol–water partition coefficient (Wildman–Crippen LogP) is 2.99. The maximum atomic E-state index is 13.9. The summed E-state index contributed by atoms with van der Waals surface area (Å²) in [4.78, 5) is 13.3. The Labute approximate surface area is 156 Å². The molecule has 1 fully saturated rings. The normalized spacial score (nSPS) is 19.8. The average Bonchev–Trinajstić information content (AvgIpc) is 2.62. The van der Waals surface area contributed by atoms with Crippen LogP contribution in [0.1, 0.15) is 18.4 Å². The molecule has 4 nitrogen and oxygen atoms in total. The molecule has 0 aromatic heterocycles. The van der Waals surface area contributed by atoms with Gasteiger partial charge in [0.05, 0.1) is 23.7 Å². The van der Waals surface area contributed by atoms with Gasteiger partial charge in [0, 0.05) is 24.6 Å². The van der Waals surface area contributed by atoms with Crippen LogP contribution in [0.5, 0.6) is 0 Å². The molecule has 0 spiro atoms. The maximum Gasteiger partial charge on any atom is 0.319 e. The number of benzene rings is 2. The number of piperidine rings is 1. The predicted molar refractivity (Wildman–Crippen MR) is 97.4 cm³/mol. The fraction of sp³-hybridized carbons (Fsp3) is 0.316. The molecule has 0 bridgehead atoms. The number of carbonyl (C=O) groups is 1. The van der Waals surface area contributed by atoms with Crippen molar-refractivity contribution < 1.29 is 18.5 Å². The molecule has 26 heavy (non-hydrogen) atoms. The summed E-state index contributed by atoms with van der Waals surface area (Å²) in [7, 11) is 0. The first-order chi connectivity index (χ1) is 12.5. The van der Waals surface area contributed by atoms with E-state index in [1.165, 1.54) is 35.2 Å². The van der Waals surface area contributed by atoms with Crippen LogP contribution in [0.2, 0.25) is 5.02 Å². The minimum atomic E-state index is -0.346. The highest BCUT2D eigenvalue weighted by molar-refractivity contribution is 6.31. The number of urea groups is 1. The van der Waals surface area contributed by atoms with Gasteiger partial charge in [0.1, 0.15) is 18.2 Å². The summed E-state index contributed by atoms with van der Waals surface area (Å²) in [5.74, 6) is -0.620. The van der Waals surface area contributed by atoms with Crippen molar-refractivity contribution in [2.24, 2.45) is 0 Å². The van der Waals surface area contributed by atoms with Crippen molar-refractivity contribution in [1.82, 2.24) is 5.32 Å². The van der Waals surface area contributed by atoms with Gasteiger partial charge in [-0.1, -0.05) is 17.7 Å². The van der Waals surface area contributed by atoms with Gasteiger partial charge in [0.2, 0.25) is 0 Å². The van der Waals surface area contributed by atoms with Gasteiger partial charge in [-0.05, 0) is 36.4 Å². The quantitative estimate of drug-likeness (QED) is 0.750. The number of amides is 2.